The number of carbonyl (C=O) groups is 1. The Morgan fingerprint density at radius 3 is 3.10 bits per heavy atom. The first-order valence-corrected chi connectivity index (χ1v) is 7.30. The molecule has 21 heavy (non-hydrogen) atoms. The highest BCUT2D eigenvalue weighted by atomic mass is 79.9. The maximum absolute atomic E-state index is 12.6. The summed E-state index contributed by atoms with van der Waals surface area (Å²) >= 11 is 3.34. The Hall–Kier alpha value is -2.22. The highest BCUT2D eigenvalue weighted by Gasteiger charge is 2.24. The van der Waals surface area contributed by atoms with E-state index in [1.165, 1.54) is 0 Å². The molecule has 1 aliphatic rings. The van der Waals surface area contributed by atoms with E-state index in [0.717, 1.165) is 16.8 Å². The Balaban J connectivity index is 1.64. The normalized spacial score (nSPS) is 14.4. The first-order chi connectivity index (χ1) is 10.2. The molecule has 8 heteroatoms. The Morgan fingerprint density at radius 2 is 2.19 bits per heavy atom. The van der Waals surface area contributed by atoms with Crippen molar-refractivity contribution < 1.29 is 4.79 Å². The summed E-state index contributed by atoms with van der Waals surface area (Å²) in [6.07, 6.45) is 7.16. The van der Waals surface area contributed by atoms with E-state index in [0.29, 0.717) is 24.4 Å². The molecule has 3 aromatic rings. The van der Waals surface area contributed by atoms with Gasteiger partial charge in [0, 0.05) is 43.9 Å². The molecule has 0 aliphatic carbocycles. The van der Waals surface area contributed by atoms with Crippen LogP contribution in [0.1, 0.15) is 16.3 Å². The zero-order valence-electron chi connectivity index (χ0n) is 11.0. The SMILES string of the molecule is O=C(c1cc2ncc(Br)cn2n1)N1CCn2ccnc2C1. The third-order valence-corrected chi connectivity index (χ3v) is 3.94. The van der Waals surface area contributed by atoms with Crippen LogP contribution < -0.4 is 0 Å². The molecule has 7 nitrogen and oxygen atoms in total. The molecule has 0 radical (unpaired) electrons. The molecular formula is C13H11BrN6O. The number of nitrogens with zero attached hydrogens (tertiary/aromatic N) is 6. The molecule has 0 atom stereocenters. The van der Waals surface area contributed by atoms with Crippen LogP contribution >= 0.6 is 15.9 Å². The molecule has 0 bridgehead atoms. The maximum atomic E-state index is 12.6. The largest absolute Gasteiger partial charge is 0.332 e. The van der Waals surface area contributed by atoms with E-state index in [9.17, 15) is 4.79 Å². The van der Waals surface area contributed by atoms with Crippen molar-refractivity contribution in [2.24, 2.45) is 0 Å². The Labute approximate surface area is 128 Å². The van der Waals surface area contributed by atoms with Gasteiger partial charge in [-0.1, -0.05) is 0 Å². The maximum Gasteiger partial charge on any atom is 0.274 e. The fraction of sp³-hybridized carbons (Fsp3) is 0.231. The average molecular weight is 347 g/mol. The number of carbonyl (C=O) groups excluding carboxylic acids is 1. The lowest BCUT2D eigenvalue weighted by molar-refractivity contribution is 0.0701. The molecule has 4 heterocycles. The molecule has 0 N–H and O–H groups in total. The second kappa shape index (κ2) is 4.66. The molecule has 0 saturated carbocycles. The second-order valence-electron chi connectivity index (χ2n) is 4.87. The Kier molecular flexibility index (Phi) is 2.78. The number of amides is 1. The first-order valence-electron chi connectivity index (χ1n) is 6.51. The standard InChI is InChI=1S/C13H11BrN6O/c14-9-6-16-11-5-10(17-20(11)7-9)13(21)19-4-3-18-2-1-15-12(18)8-19/h1-2,5-7H,3-4,8H2. The Bertz CT molecular complexity index is 838. The van der Waals surface area contributed by atoms with Gasteiger partial charge in [-0.15, -0.1) is 0 Å². The minimum absolute atomic E-state index is 0.0918. The van der Waals surface area contributed by atoms with E-state index in [2.05, 4.69) is 35.6 Å². The topological polar surface area (TPSA) is 68.3 Å². The lowest BCUT2D eigenvalue weighted by Crippen LogP contribution is -2.38. The third kappa shape index (κ3) is 2.11. The van der Waals surface area contributed by atoms with Crippen molar-refractivity contribution in [2.45, 2.75) is 13.1 Å². The van der Waals surface area contributed by atoms with Gasteiger partial charge in [0.1, 0.15) is 5.82 Å². The quantitative estimate of drug-likeness (QED) is 0.666. The summed E-state index contributed by atoms with van der Waals surface area (Å²) in [5.41, 5.74) is 1.06. The van der Waals surface area contributed by atoms with Crippen molar-refractivity contribution in [3.05, 3.63) is 46.8 Å². The van der Waals surface area contributed by atoms with Gasteiger partial charge in [-0.3, -0.25) is 4.79 Å². The minimum atomic E-state index is -0.0918. The van der Waals surface area contributed by atoms with Crippen LogP contribution in [-0.4, -0.2) is 41.5 Å². The van der Waals surface area contributed by atoms with Gasteiger partial charge in [0.2, 0.25) is 0 Å². The molecule has 0 saturated heterocycles. The van der Waals surface area contributed by atoms with E-state index in [1.54, 1.807) is 34.1 Å². The first kappa shape index (κ1) is 12.5. The molecule has 0 spiro atoms. The van der Waals surface area contributed by atoms with Crippen LogP contribution in [0.2, 0.25) is 0 Å². The number of imidazole rings is 1. The number of rotatable bonds is 1. The molecular weight excluding hydrogens is 336 g/mol. The molecule has 3 aromatic heterocycles. The predicted octanol–water partition coefficient (Wildman–Crippen LogP) is 1.34. The smallest absolute Gasteiger partial charge is 0.274 e. The summed E-state index contributed by atoms with van der Waals surface area (Å²) in [6, 6.07) is 1.70. The zero-order chi connectivity index (χ0) is 14.4. The van der Waals surface area contributed by atoms with Crippen molar-refractivity contribution >= 4 is 27.5 Å². The van der Waals surface area contributed by atoms with Crippen LogP contribution in [0.5, 0.6) is 0 Å². The fourth-order valence-electron chi connectivity index (χ4n) is 2.47. The minimum Gasteiger partial charge on any atom is -0.332 e. The highest BCUT2D eigenvalue weighted by molar-refractivity contribution is 9.10. The van der Waals surface area contributed by atoms with Crippen molar-refractivity contribution in [1.29, 1.82) is 0 Å². The van der Waals surface area contributed by atoms with Crippen molar-refractivity contribution in [1.82, 2.24) is 29.0 Å². The molecule has 0 fully saturated rings. The van der Waals surface area contributed by atoms with Gasteiger partial charge in [-0.05, 0) is 15.9 Å². The summed E-state index contributed by atoms with van der Waals surface area (Å²) in [7, 11) is 0. The summed E-state index contributed by atoms with van der Waals surface area (Å²) in [5.74, 6) is 0.810. The van der Waals surface area contributed by atoms with Crippen LogP contribution in [0.25, 0.3) is 5.65 Å². The summed E-state index contributed by atoms with van der Waals surface area (Å²) in [5, 5.41) is 4.30. The van der Waals surface area contributed by atoms with Gasteiger partial charge in [0.05, 0.1) is 11.0 Å². The van der Waals surface area contributed by atoms with Crippen LogP contribution in [0.15, 0.2) is 35.3 Å². The lowest BCUT2D eigenvalue weighted by atomic mass is 10.3. The average Bonchev–Trinajstić information content (AvgIpc) is 3.11. The van der Waals surface area contributed by atoms with E-state index < -0.39 is 0 Å². The molecule has 106 valence electrons. The number of hydrogen-bond acceptors (Lipinski definition) is 4. The lowest BCUT2D eigenvalue weighted by Gasteiger charge is -2.26. The number of fused-ring (bicyclic) bond motifs is 2. The van der Waals surface area contributed by atoms with E-state index in [1.807, 2.05) is 6.20 Å². The molecule has 1 amide bonds. The van der Waals surface area contributed by atoms with Gasteiger partial charge in [0.25, 0.3) is 5.91 Å². The zero-order valence-corrected chi connectivity index (χ0v) is 12.6. The predicted molar refractivity (Wildman–Crippen MR) is 77.7 cm³/mol. The van der Waals surface area contributed by atoms with Gasteiger partial charge >= 0.3 is 0 Å². The summed E-state index contributed by atoms with van der Waals surface area (Å²) < 4.78 is 4.48. The van der Waals surface area contributed by atoms with E-state index in [-0.39, 0.29) is 5.91 Å². The van der Waals surface area contributed by atoms with Gasteiger partial charge < -0.3 is 9.47 Å². The van der Waals surface area contributed by atoms with E-state index in [4.69, 9.17) is 0 Å². The second-order valence-corrected chi connectivity index (χ2v) is 5.78. The highest BCUT2D eigenvalue weighted by Crippen LogP contribution is 2.15. The third-order valence-electron chi connectivity index (χ3n) is 3.53. The van der Waals surface area contributed by atoms with Crippen molar-refractivity contribution in [3.8, 4) is 0 Å². The summed E-state index contributed by atoms with van der Waals surface area (Å²) in [6.45, 7) is 1.93. The summed E-state index contributed by atoms with van der Waals surface area (Å²) in [4.78, 5) is 22.8. The van der Waals surface area contributed by atoms with Crippen LogP contribution in [-0.2, 0) is 13.1 Å². The number of aromatic nitrogens is 5. The van der Waals surface area contributed by atoms with Crippen LogP contribution in [0.4, 0.5) is 0 Å². The number of hydrogen-bond donors (Lipinski definition) is 0. The van der Waals surface area contributed by atoms with Gasteiger partial charge in [-0.25, -0.2) is 14.5 Å². The van der Waals surface area contributed by atoms with Crippen LogP contribution in [0, 0.1) is 0 Å². The number of halogens is 1. The fourth-order valence-corrected chi connectivity index (χ4v) is 2.76. The van der Waals surface area contributed by atoms with Crippen molar-refractivity contribution in [2.75, 3.05) is 6.54 Å². The molecule has 1 aliphatic heterocycles. The van der Waals surface area contributed by atoms with Crippen molar-refractivity contribution in [3.63, 3.8) is 0 Å². The monoisotopic (exact) mass is 346 g/mol. The Morgan fingerprint density at radius 1 is 1.29 bits per heavy atom. The molecule has 0 aromatic carbocycles. The van der Waals surface area contributed by atoms with E-state index >= 15 is 0 Å². The molecule has 0 unspecified atom stereocenters. The van der Waals surface area contributed by atoms with Crippen LogP contribution in [0.3, 0.4) is 0 Å². The van der Waals surface area contributed by atoms with Gasteiger partial charge in [-0.2, -0.15) is 5.10 Å². The van der Waals surface area contributed by atoms with Gasteiger partial charge in [0.15, 0.2) is 11.3 Å². The molecule has 4 rings (SSSR count).